The Morgan fingerprint density at radius 3 is 2.75 bits per heavy atom. The van der Waals surface area contributed by atoms with Crippen LogP contribution < -0.4 is 0 Å². The van der Waals surface area contributed by atoms with E-state index in [9.17, 15) is 4.79 Å². The van der Waals surface area contributed by atoms with Crippen LogP contribution in [0.2, 0.25) is 0 Å². The lowest BCUT2D eigenvalue weighted by Crippen LogP contribution is -2.48. The average molecular weight is 325 g/mol. The van der Waals surface area contributed by atoms with Crippen molar-refractivity contribution in [2.24, 2.45) is 11.3 Å². The number of pyridine rings is 1. The Balaban J connectivity index is 1.29. The molecule has 0 bridgehead atoms. The second-order valence-electron chi connectivity index (χ2n) is 6.96. The average Bonchev–Trinajstić information content (AvgIpc) is 2.98. The zero-order valence-corrected chi connectivity index (χ0v) is 13.3. The van der Waals surface area contributed by atoms with Gasteiger partial charge < -0.3 is 9.64 Å². The SMILES string of the molecule is O=C(N1CCOCC1)[C@@]12C[C@@H](n3cc(-c4ccncc4)nn3)[C@@H]1C2. The summed E-state index contributed by atoms with van der Waals surface area (Å²) in [4.78, 5) is 18.8. The van der Waals surface area contributed by atoms with E-state index in [-0.39, 0.29) is 5.41 Å². The normalized spacial score (nSPS) is 31.2. The third kappa shape index (κ3) is 2.00. The second kappa shape index (κ2) is 5.11. The van der Waals surface area contributed by atoms with Gasteiger partial charge in [0.1, 0.15) is 5.69 Å². The van der Waals surface area contributed by atoms with Gasteiger partial charge in [-0.2, -0.15) is 0 Å². The molecule has 3 atom stereocenters. The van der Waals surface area contributed by atoms with Crippen molar-refractivity contribution in [1.29, 1.82) is 0 Å². The molecule has 0 radical (unpaired) electrons. The Labute approximate surface area is 139 Å². The molecule has 2 aliphatic carbocycles. The lowest BCUT2D eigenvalue weighted by atomic mass is 9.78. The summed E-state index contributed by atoms with van der Waals surface area (Å²) >= 11 is 0. The highest BCUT2D eigenvalue weighted by molar-refractivity contribution is 5.88. The quantitative estimate of drug-likeness (QED) is 0.846. The standard InChI is InChI=1S/C17H19N5O2/c23-16(21-5-7-24-8-6-21)17-9-13(17)15(10-17)22-11-14(19-20-22)12-1-3-18-4-2-12/h1-4,11,13,15H,5-10H2/t13-,15+,17-/m0/s1. The molecule has 0 aromatic carbocycles. The van der Waals surface area contributed by atoms with Gasteiger partial charge in [-0.15, -0.1) is 5.10 Å². The van der Waals surface area contributed by atoms with E-state index in [1.165, 1.54) is 0 Å². The summed E-state index contributed by atoms with van der Waals surface area (Å²) < 4.78 is 7.29. The number of carbonyl (C=O) groups is 1. The van der Waals surface area contributed by atoms with Crippen LogP contribution in [0, 0.1) is 11.3 Å². The number of ether oxygens (including phenoxy) is 1. The number of carbonyl (C=O) groups excluding carboxylic acids is 1. The molecule has 3 heterocycles. The van der Waals surface area contributed by atoms with Crippen molar-refractivity contribution >= 4 is 5.91 Å². The maximum absolute atomic E-state index is 12.8. The first-order valence-corrected chi connectivity index (χ1v) is 8.47. The first-order chi connectivity index (χ1) is 11.8. The van der Waals surface area contributed by atoms with E-state index < -0.39 is 0 Å². The minimum absolute atomic E-state index is 0.120. The van der Waals surface area contributed by atoms with Crippen LogP contribution in [0.15, 0.2) is 30.7 Å². The molecule has 0 unspecified atom stereocenters. The fourth-order valence-electron chi connectivity index (χ4n) is 4.21. The Morgan fingerprint density at radius 1 is 1.21 bits per heavy atom. The Bertz CT molecular complexity index is 770. The van der Waals surface area contributed by atoms with Crippen LogP contribution in [0.3, 0.4) is 0 Å². The van der Waals surface area contributed by atoms with Crippen molar-refractivity contribution in [3.8, 4) is 11.3 Å². The summed E-state index contributed by atoms with van der Waals surface area (Å²) in [6.45, 7) is 2.78. The van der Waals surface area contributed by atoms with E-state index in [0.717, 1.165) is 37.2 Å². The highest BCUT2D eigenvalue weighted by Gasteiger charge is 2.73. The molecule has 24 heavy (non-hydrogen) atoms. The third-order valence-corrected chi connectivity index (χ3v) is 5.72. The van der Waals surface area contributed by atoms with Gasteiger partial charge in [0.15, 0.2) is 0 Å². The van der Waals surface area contributed by atoms with Gasteiger partial charge in [0.2, 0.25) is 5.91 Å². The summed E-state index contributed by atoms with van der Waals surface area (Å²) in [5.74, 6) is 0.737. The van der Waals surface area contributed by atoms with Gasteiger partial charge in [-0.05, 0) is 30.9 Å². The molecule has 1 saturated heterocycles. The molecule has 5 rings (SSSR count). The number of fused-ring (bicyclic) bond motifs is 1. The number of aromatic nitrogens is 4. The van der Waals surface area contributed by atoms with Gasteiger partial charge in [0.25, 0.3) is 0 Å². The second-order valence-corrected chi connectivity index (χ2v) is 6.96. The number of hydrogen-bond donors (Lipinski definition) is 0. The number of amides is 1. The summed E-state index contributed by atoms with van der Waals surface area (Å²) in [6.07, 6.45) is 7.36. The molecule has 2 aromatic heterocycles. The molecule has 1 aliphatic heterocycles. The molecule has 0 N–H and O–H groups in total. The highest BCUT2D eigenvalue weighted by atomic mass is 16.5. The largest absolute Gasteiger partial charge is 0.378 e. The van der Waals surface area contributed by atoms with E-state index in [0.29, 0.717) is 31.1 Å². The molecular formula is C17H19N5O2. The molecule has 3 aliphatic rings. The van der Waals surface area contributed by atoms with Crippen molar-refractivity contribution < 1.29 is 9.53 Å². The predicted octanol–water partition coefficient (Wildman–Crippen LogP) is 1.15. The van der Waals surface area contributed by atoms with E-state index >= 15 is 0 Å². The minimum Gasteiger partial charge on any atom is -0.378 e. The number of hydrogen-bond acceptors (Lipinski definition) is 5. The van der Waals surface area contributed by atoms with Gasteiger partial charge in [0, 0.05) is 31.0 Å². The smallest absolute Gasteiger partial charge is 0.229 e. The van der Waals surface area contributed by atoms with Crippen molar-refractivity contribution in [3.05, 3.63) is 30.7 Å². The Morgan fingerprint density at radius 2 is 2.00 bits per heavy atom. The molecule has 3 fully saturated rings. The van der Waals surface area contributed by atoms with Gasteiger partial charge >= 0.3 is 0 Å². The van der Waals surface area contributed by atoms with Crippen LogP contribution in [0.5, 0.6) is 0 Å². The van der Waals surface area contributed by atoms with E-state index in [4.69, 9.17) is 4.74 Å². The maximum Gasteiger partial charge on any atom is 0.229 e. The summed E-state index contributed by atoms with van der Waals surface area (Å²) in [7, 11) is 0. The van der Waals surface area contributed by atoms with Gasteiger partial charge in [-0.25, -0.2) is 4.68 Å². The Kier molecular flexibility index (Phi) is 3.00. The van der Waals surface area contributed by atoms with E-state index in [2.05, 4.69) is 15.3 Å². The van der Waals surface area contributed by atoms with E-state index in [1.54, 1.807) is 12.4 Å². The molecule has 0 spiro atoms. The molecule has 2 aromatic rings. The minimum atomic E-state index is -0.120. The van der Waals surface area contributed by atoms with Crippen LogP contribution in [-0.4, -0.2) is 57.1 Å². The molecular weight excluding hydrogens is 306 g/mol. The molecule has 7 heteroatoms. The van der Waals surface area contributed by atoms with Gasteiger partial charge in [-0.1, -0.05) is 5.21 Å². The first-order valence-electron chi connectivity index (χ1n) is 8.47. The molecule has 2 saturated carbocycles. The number of rotatable bonds is 3. The molecule has 1 amide bonds. The van der Waals surface area contributed by atoms with Crippen molar-refractivity contribution in [3.63, 3.8) is 0 Å². The molecule has 7 nitrogen and oxygen atoms in total. The lowest BCUT2D eigenvalue weighted by molar-refractivity contribution is -0.145. The fraction of sp³-hybridized carbons (Fsp3) is 0.529. The maximum atomic E-state index is 12.8. The topological polar surface area (TPSA) is 73.1 Å². The zero-order valence-electron chi connectivity index (χ0n) is 13.3. The van der Waals surface area contributed by atoms with Gasteiger partial charge in [0.05, 0.1) is 30.9 Å². The monoisotopic (exact) mass is 325 g/mol. The van der Waals surface area contributed by atoms with Crippen LogP contribution in [0.1, 0.15) is 18.9 Å². The lowest BCUT2D eigenvalue weighted by Gasteiger charge is -2.38. The first kappa shape index (κ1) is 14.1. The van der Waals surface area contributed by atoms with Crippen LogP contribution in [0.4, 0.5) is 0 Å². The third-order valence-electron chi connectivity index (χ3n) is 5.72. The van der Waals surface area contributed by atoms with Crippen LogP contribution in [-0.2, 0) is 9.53 Å². The van der Waals surface area contributed by atoms with Gasteiger partial charge in [-0.3, -0.25) is 9.78 Å². The van der Waals surface area contributed by atoms with Crippen molar-refractivity contribution in [2.45, 2.75) is 18.9 Å². The molecule has 124 valence electrons. The highest BCUT2D eigenvalue weighted by Crippen LogP contribution is 2.73. The van der Waals surface area contributed by atoms with Crippen LogP contribution in [0.25, 0.3) is 11.3 Å². The number of morpholine rings is 1. The zero-order chi connectivity index (χ0) is 16.1. The van der Waals surface area contributed by atoms with E-state index in [1.807, 2.05) is 27.9 Å². The number of nitrogens with zero attached hydrogens (tertiary/aromatic N) is 5. The van der Waals surface area contributed by atoms with Crippen molar-refractivity contribution in [1.82, 2.24) is 24.9 Å². The van der Waals surface area contributed by atoms with Crippen molar-refractivity contribution in [2.75, 3.05) is 26.3 Å². The predicted molar refractivity (Wildman–Crippen MR) is 84.8 cm³/mol. The summed E-state index contributed by atoms with van der Waals surface area (Å²) in [5.41, 5.74) is 1.75. The van der Waals surface area contributed by atoms with Crippen LogP contribution >= 0.6 is 0 Å². The summed E-state index contributed by atoms with van der Waals surface area (Å²) in [5, 5.41) is 8.57. The fourth-order valence-corrected chi connectivity index (χ4v) is 4.21. The Hall–Kier alpha value is -2.28. The summed E-state index contributed by atoms with van der Waals surface area (Å²) in [6, 6.07) is 4.16.